The van der Waals surface area contributed by atoms with E-state index in [-0.39, 0.29) is 19.6 Å². The highest BCUT2D eigenvalue weighted by Gasteiger charge is 2.34. The third-order valence-electron chi connectivity index (χ3n) is 6.76. The average molecular weight is 546 g/mol. The first kappa shape index (κ1) is 26.7. The van der Waals surface area contributed by atoms with Crippen molar-refractivity contribution >= 4 is 29.5 Å². The fraction of sp³-hybridized carbons (Fsp3) is 0.520. The van der Waals surface area contributed by atoms with Crippen molar-refractivity contribution < 1.29 is 33.0 Å². The summed E-state index contributed by atoms with van der Waals surface area (Å²) in [5.74, 6) is -0.942. The Kier molecular flexibility index (Phi) is 7.84. The number of aryl methyl sites for hydroxylation is 1. The Morgan fingerprint density at radius 3 is 2.79 bits per heavy atom. The molecule has 4 heterocycles. The van der Waals surface area contributed by atoms with E-state index in [9.17, 15) is 14.4 Å². The Labute approximate surface area is 224 Å². The van der Waals surface area contributed by atoms with Gasteiger partial charge in [-0.15, -0.1) is 0 Å². The molecule has 2 atom stereocenters. The molecule has 2 aromatic rings. The van der Waals surface area contributed by atoms with E-state index in [2.05, 4.69) is 15.7 Å². The number of carbonyl (C=O) groups excluding carboxylic acids is 3. The first-order valence-electron chi connectivity index (χ1n) is 12.9. The van der Waals surface area contributed by atoms with Crippen LogP contribution >= 0.6 is 0 Å². The third kappa shape index (κ3) is 6.40. The van der Waals surface area contributed by atoms with E-state index in [1.807, 2.05) is 23.0 Å². The van der Waals surface area contributed by atoms with Crippen LogP contribution in [0.5, 0.6) is 0 Å². The van der Waals surface area contributed by atoms with Gasteiger partial charge in [0.1, 0.15) is 11.9 Å². The number of rotatable bonds is 8. The maximum atomic E-state index is 15.0. The Hall–Kier alpha value is -3.91. The lowest BCUT2D eigenvalue weighted by atomic mass is 10.2. The fourth-order valence-electron chi connectivity index (χ4n) is 4.91. The minimum atomic E-state index is -1.08. The van der Waals surface area contributed by atoms with Crippen LogP contribution < -0.4 is 20.4 Å². The van der Waals surface area contributed by atoms with Crippen LogP contribution in [0.2, 0.25) is 0 Å². The summed E-state index contributed by atoms with van der Waals surface area (Å²) in [7, 11) is 1.85. The zero-order valence-electron chi connectivity index (χ0n) is 21.9. The number of benzene rings is 1. The minimum absolute atomic E-state index is 0.0253. The molecule has 210 valence electrons. The van der Waals surface area contributed by atoms with Crippen molar-refractivity contribution in [3.8, 4) is 0 Å². The van der Waals surface area contributed by atoms with Crippen molar-refractivity contribution in [3.63, 3.8) is 0 Å². The predicted octanol–water partition coefficient (Wildman–Crippen LogP) is 0.925. The first-order valence-corrected chi connectivity index (χ1v) is 12.9. The number of fused-ring (bicyclic) bond motifs is 1. The number of nitrogens with one attached hydrogen (secondary N) is 2. The predicted molar refractivity (Wildman–Crippen MR) is 136 cm³/mol. The number of hydrogen-bond acceptors (Lipinski definition) is 10. The summed E-state index contributed by atoms with van der Waals surface area (Å²) in [6.45, 7) is 5.81. The highest BCUT2D eigenvalue weighted by Crippen LogP contribution is 2.32. The summed E-state index contributed by atoms with van der Waals surface area (Å²) in [5.41, 5.74) is 2.75. The van der Waals surface area contributed by atoms with Crippen LogP contribution in [-0.4, -0.2) is 91.0 Å². The molecule has 0 bridgehead atoms. The summed E-state index contributed by atoms with van der Waals surface area (Å²) < 4.78 is 32.3. The van der Waals surface area contributed by atoms with Crippen LogP contribution in [-0.2, 0) is 39.1 Å². The monoisotopic (exact) mass is 545 g/mol. The van der Waals surface area contributed by atoms with E-state index in [1.165, 1.54) is 17.9 Å². The molecule has 14 heteroatoms. The van der Waals surface area contributed by atoms with Crippen molar-refractivity contribution in [1.29, 1.82) is 0 Å². The lowest BCUT2D eigenvalue weighted by molar-refractivity contribution is -0.166. The van der Waals surface area contributed by atoms with Crippen LogP contribution in [0.3, 0.4) is 0 Å². The van der Waals surface area contributed by atoms with Gasteiger partial charge in [0.05, 0.1) is 43.2 Å². The molecule has 1 aromatic heterocycles. The number of hydrogen-bond donors (Lipinski definition) is 2. The molecule has 3 aliphatic rings. The van der Waals surface area contributed by atoms with Crippen LogP contribution in [0, 0.1) is 5.82 Å². The molecule has 2 fully saturated rings. The van der Waals surface area contributed by atoms with Crippen molar-refractivity contribution in [3.05, 3.63) is 41.5 Å². The quantitative estimate of drug-likeness (QED) is 0.365. The van der Waals surface area contributed by atoms with Gasteiger partial charge in [-0.25, -0.2) is 14.0 Å². The van der Waals surface area contributed by atoms with Gasteiger partial charge < -0.3 is 29.7 Å². The second-order valence-corrected chi connectivity index (χ2v) is 9.75. The molecule has 5 rings (SSSR count). The summed E-state index contributed by atoms with van der Waals surface area (Å²) in [5, 5.41) is 10.1. The van der Waals surface area contributed by atoms with Crippen LogP contribution in [0.4, 0.5) is 25.4 Å². The molecular weight excluding hydrogens is 513 g/mol. The lowest BCUT2D eigenvalue weighted by Gasteiger charge is -2.26. The molecule has 0 spiro atoms. The van der Waals surface area contributed by atoms with Crippen molar-refractivity contribution in [1.82, 2.24) is 25.3 Å². The van der Waals surface area contributed by atoms with Crippen LogP contribution in [0.25, 0.3) is 0 Å². The van der Waals surface area contributed by atoms with Gasteiger partial charge in [-0.2, -0.15) is 5.10 Å². The molecule has 0 aliphatic carbocycles. The summed E-state index contributed by atoms with van der Waals surface area (Å²) >= 11 is 0. The smallest absolute Gasteiger partial charge is 0.414 e. The second-order valence-electron chi connectivity index (χ2n) is 9.75. The Bertz CT molecular complexity index is 1210. The highest BCUT2D eigenvalue weighted by molar-refractivity contribution is 5.90. The first-order chi connectivity index (χ1) is 18.7. The minimum Gasteiger partial charge on any atom is -0.442 e. The summed E-state index contributed by atoms with van der Waals surface area (Å²) in [6, 6.07) is 4.60. The molecule has 2 amide bonds. The number of anilines is 2. The fourth-order valence-corrected chi connectivity index (χ4v) is 4.91. The maximum Gasteiger partial charge on any atom is 0.414 e. The van der Waals surface area contributed by atoms with E-state index in [1.54, 1.807) is 16.8 Å². The molecular formula is C25H32FN7O6. The van der Waals surface area contributed by atoms with Crippen molar-refractivity contribution in [2.75, 3.05) is 55.6 Å². The van der Waals surface area contributed by atoms with Gasteiger partial charge in [-0.1, -0.05) is 0 Å². The zero-order valence-corrected chi connectivity index (χ0v) is 21.9. The number of cyclic esters (lactones) is 1. The van der Waals surface area contributed by atoms with E-state index < -0.39 is 36.4 Å². The molecule has 1 aromatic carbocycles. The maximum absolute atomic E-state index is 15.0. The summed E-state index contributed by atoms with van der Waals surface area (Å²) in [6.07, 6.45) is -1.28. The third-order valence-corrected chi connectivity index (χ3v) is 6.76. The molecule has 2 saturated heterocycles. The normalized spacial score (nSPS) is 20.0. The largest absolute Gasteiger partial charge is 0.442 e. The van der Waals surface area contributed by atoms with Crippen molar-refractivity contribution in [2.45, 2.75) is 32.4 Å². The molecule has 1 unspecified atom stereocenters. The Balaban J connectivity index is 1.07. The van der Waals surface area contributed by atoms with Gasteiger partial charge in [-0.05, 0) is 18.2 Å². The zero-order chi connectivity index (χ0) is 27.5. The van der Waals surface area contributed by atoms with Crippen LogP contribution in [0.1, 0.15) is 18.2 Å². The number of ether oxygens (including phenoxy) is 3. The van der Waals surface area contributed by atoms with E-state index in [4.69, 9.17) is 14.2 Å². The van der Waals surface area contributed by atoms with Gasteiger partial charge in [0, 0.05) is 58.5 Å². The Morgan fingerprint density at radius 2 is 2.05 bits per heavy atom. The number of alkyl carbamates (subject to hydrolysis) is 1. The number of amides is 2. The second kappa shape index (κ2) is 11.5. The average Bonchev–Trinajstić information content (AvgIpc) is 3.55. The Morgan fingerprint density at radius 1 is 1.26 bits per heavy atom. The number of esters is 1. The van der Waals surface area contributed by atoms with E-state index in [0.717, 1.165) is 37.4 Å². The van der Waals surface area contributed by atoms with Gasteiger partial charge in [0.2, 0.25) is 6.29 Å². The van der Waals surface area contributed by atoms with Gasteiger partial charge in [0.25, 0.3) is 0 Å². The number of aromatic nitrogens is 2. The molecule has 0 saturated carbocycles. The molecule has 39 heavy (non-hydrogen) atoms. The SMILES string of the molecule is CC(OC(=O)CN1CCNCC1)OC(=O)NC[C@H]1CN(c2ccc(N3Cc4cn(C)nc4C3)c(F)c2)C(=O)O1. The van der Waals surface area contributed by atoms with E-state index >= 15 is 4.39 Å². The molecule has 13 nitrogen and oxygen atoms in total. The van der Waals surface area contributed by atoms with Crippen LogP contribution in [0.15, 0.2) is 24.4 Å². The highest BCUT2D eigenvalue weighted by atomic mass is 19.1. The number of nitrogens with zero attached hydrogens (tertiary/aromatic N) is 5. The standard InChI is InChI=1S/C25H32FN7O6/c1-16(37-23(34)15-31-7-5-27-6-8-31)38-24(35)28-10-19-13-33(25(36)39-19)18-3-4-22(20(26)9-18)32-12-17-11-30(2)29-21(17)14-32/h3-4,9,11,16,19,27H,5-8,10,12-15H2,1-2H3,(H,28,35)/t16?,19-/m0/s1. The lowest BCUT2D eigenvalue weighted by Crippen LogP contribution is -2.46. The van der Waals surface area contributed by atoms with Crippen molar-refractivity contribution in [2.24, 2.45) is 7.05 Å². The number of halogens is 1. The van der Waals surface area contributed by atoms with E-state index in [0.29, 0.717) is 24.5 Å². The van der Waals surface area contributed by atoms with Gasteiger partial charge in [0.15, 0.2) is 0 Å². The summed E-state index contributed by atoms with van der Waals surface area (Å²) in [4.78, 5) is 41.8. The molecule has 2 N–H and O–H groups in total. The molecule has 3 aliphatic heterocycles. The number of carbonyl (C=O) groups is 3. The number of piperazine rings is 1. The molecule has 0 radical (unpaired) electrons. The van der Waals surface area contributed by atoms with Gasteiger partial charge >= 0.3 is 18.2 Å². The van der Waals surface area contributed by atoms with Gasteiger partial charge in [-0.3, -0.25) is 19.3 Å². The topological polar surface area (TPSA) is 130 Å².